The highest BCUT2D eigenvalue weighted by atomic mass is 79.9. The molecule has 0 saturated carbocycles. The van der Waals surface area contributed by atoms with Crippen LogP contribution in [0.4, 0.5) is 5.69 Å². The predicted molar refractivity (Wildman–Crippen MR) is 76.3 cm³/mol. The summed E-state index contributed by atoms with van der Waals surface area (Å²) >= 11 is 5.24. The minimum atomic E-state index is 0.425. The Morgan fingerprint density at radius 2 is 2.00 bits per heavy atom. The summed E-state index contributed by atoms with van der Waals surface area (Å²) in [4.78, 5) is 4.61. The SMILES string of the molecule is CC1CC(C)SC(Nc2ccc(Br)cc2)=N1. The summed E-state index contributed by atoms with van der Waals surface area (Å²) < 4.78 is 1.10. The molecule has 4 heteroatoms. The van der Waals surface area contributed by atoms with Crippen molar-refractivity contribution in [1.82, 2.24) is 0 Å². The van der Waals surface area contributed by atoms with Crippen LogP contribution in [-0.2, 0) is 0 Å². The summed E-state index contributed by atoms with van der Waals surface area (Å²) in [5.74, 6) is 0. The number of rotatable bonds is 1. The first-order chi connectivity index (χ1) is 7.63. The quantitative estimate of drug-likeness (QED) is 0.843. The van der Waals surface area contributed by atoms with E-state index in [-0.39, 0.29) is 0 Å². The van der Waals surface area contributed by atoms with Gasteiger partial charge < -0.3 is 5.32 Å². The first-order valence-corrected chi connectivity index (χ1v) is 7.08. The first kappa shape index (κ1) is 12.0. The maximum absolute atomic E-state index is 4.61. The smallest absolute Gasteiger partial charge is 0.161 e. The summed E-state index contributed by atoms with van der Waals surface area (Å²) in [6, 6.07) is 8.59. The molecule has 1 aliphatic rings. The zero-order valence-electron chi connectivity index (χ0n) is 9.40. The Morgan fingerprint density at radius 3 is 2.62 bits per heavy atom. The molecule has 0 aromatic heterocycles. The zero-order valence-corrected chi connectivity index (χ0v) is 11.8. The van der Waals surface area contributed by atoms with Crippen LogP contribution in [0.1, 0.15) is 20.3 Å². The molecule has 0 bridgehead atoms. The second-order valence-corrected chi connectivity index (χ2v) is 6.42. The van der Waals surface area contributed by atoms with Gasteiger partial charge in [-0.3, -0.25) is 4.99 Å². The second-order valence-electron chi connectivity index (χ2n) is 4.08. The van der Waals surface area contributed by atoms with Crippen LogP contribution in [-0.4, -0.2) is 16.5 Å². The van der Waals surface area contributed by atoms with Gasteiger partial charge in [-0.15, -0.1) is 0 Å². The van der Waals surface area contributed by atoms with E-state index in [1.807, 2.05) is 23.9 Å². The molecule has 1 aromatic carbocycles. The van der Waals surface area contributed by atoms with Crippen molar-refractivity contribution in [2.45, 2.75) is 31.6 Å². The summed E-state index contributed by atoms with van der Waals surface area (Å²) in [6.07, 6.45) is 1.16. The molecule has 0 aliphatic carbocycles. The lowest BCUT2D eigenvalue weighted by molar-refractivity contribution is 0.661. The third kappa shape index (κ3) is 3.25. The molecule has 0 saturated heterocycles. The molecular formula is C12H15BrN2S. The molecule has 16 heavy (non-hydrogen) atoms. The van der Waals surface area contributed by atoms with E-state index in [1.54, 1.807) is 0 Å². The number of anilines is 1. The van der Waals surface area contributed by atoms with Gasteiger partial charge >= 0.3 is 0 Å². The fraction of sp³-hybridized carbons (Fsp3) is 0.417. The molecule has 2 rings (SSSR count). The van der Waals surface area contributed by atoms with Gasteiger partial charge in [0.25, 0.3) is 0 Å². The zero-order chi connectivity index (χ0) is 11.5. The van der Waals surface area contributed by atoms with Crippen molar-refractivity contribution in [2.24, 2.45) is 4.99 Å². The van der Waals surface area contributed by atoms with Gasteiger partial charge in [0, 0.05) is 15.4 Å². The number of aliphatic imine (C=N–C) groups is 1. The molecule has 2 atom stereocenters. The minimum absolute atomic E-state index is 0.425. The third-order valence-electron chi connectivity index (χ3n) is 2.42. The van der Waals surface area contributed by atoms with Crippen molar-refractivity contribution < 1.29 is 0 Å². The summed E-state index contributed by atoms with van der Waals surface area (Å²) in [5, 5.41) is 5.04. The van der Waals surface area contributed by atoms with Crippen LogP contribution in [0.2, 0.25) is 0 Å². The predicted octanol–water partition coefficient (Wildman–Crippen LogP) is 4.13. The Hall–Kier alpha value is -0.480. The van der Waals surface area contributed by atoms with Crippen molar-refractivity contribution >= 4 is 38.5 Å². The average molecular weight is 299 g/mol. The van der Waals surface area contributed by atoms with Crippen molar-refractivity contribution in [3.8, 4) is 0 Å². The number of thioether (sulfide) groups is 1. The number of hydrogen-bond acceptors (Lipinski definition) is 3. The summed E-state index contributed by atoms with van der Waals surface area (Å²) in [7, 11) is 0. The van der Waals surface area contributed by atoms with E-state index in [4.69, 9.17) is 0 Å². The van der Waals surface area contributed by atoms with E-state index >= 15 is 0 Å². The van der Waals surface area contributed by atoms with Crippen molar-refractivity contribution in [3.05, 3.63) is 28.7 Å². The van der Waals surface area contributed by atoms with Crippen LogP contribution in [0.15, 0.2) is 33.7 Å². The minimum Gasteiger partial charge on any atom is -0.335 e. The number of halogens is 1. The highest BCUT2D eigenvalue weighted by Crippen LogP contribution is 2.26. The maximum Gasteiger partial charge on any atom is 0.161 e. The van der Waals surface area contributed by atoms with E-state index in [1.165, 1.54) is 0 Å². The lowest BCUT2D eigenvalue weighted by Gasteiger charge is -2.22. The average Bonchev–Trinajstić information content (AvgIpc) is 2.20. The standard InChI is InChI=1S/C12H15BrN2S/c1-8-7-9(2)16-12(14-8)15-11-5-3-10(13)4-6-11/h3-6,8-9H,7H2,1-2H3,(H,14,15). The highest BCUT2D eigenvalue weighted by molar-refractivity contribution is 9.10. The number of nitrogens with one attached hydrogen (secondary N) is 1. The van der Waals surface area contributed by atoms with E-state index in [2.05, 4.69) is 52.2 Å². The highest BCUT2D eigenvalue weighted by Gasteiger charge is 2.18. The van der Waals surface area contributed by atoms with Gasteiger partial charge in [-0.05, 0) is 37.6 Å². The van der Waals surface area contributed by atoms with Crippen molar-refractivity contribution in [3.63, 3.8) is 0 Å². The molecule has 1 heterocycles. The molecule has 0 fully saturated rings. The summed E-state index contributed by atoms with van der Waals surface area (Å²) in [6.45, 7) is 4.42. The monoisotopic (exact) mass is 298 g/mol. The molecule has 2 nitrogen and oxygen atoms in total. The first-order valence-electron chi connectivity index (χ1n) is 5.40. The lowest BCUT2D eigenvalue weighted by Crippen LogP contribution is -2.22. The van der Waals surface area contributed by atoms with Crippen LogP contribution in [0.25, 0.3) is 0 Å². The largest absolute Gasteiger partial charge is 0.335 e. The van der Waals surface area contributed by atoms with Gasteiger partial charge in [-0.2, -0.15) is 0 Å². The van der Waals surface area contributed by atoms with Crippen molar-refractivity contribution in [1.29, 1.82) is 0 Å². The normalized spacial score (nSPS) is 25.1. The van der Waals surface area contributed by atoms with Crippen LogP contribution < -0.4 is 5.32 Å². The van der Waals surface area contributed by atoms with Crippen LogP contribution in [0.3, 0.4) is 0 Å². The van der Waals surface area contributed by atoms with E-state index in [9.17, 15) is 0 Å². The van der Waals surface area contributed by atoms with Crippen LogP contribution in [0, 0.1) is 0 Å². The number of amidine groups is 1. The molecule has 1 aromatic rings. The molecule has 0 spiro atoms. The summed E-state index contributed by atoms with van der Waals surface area (Å²) in [5.41, 5.74) is 1.09. The third-order valence-corrected chi connectivity index (χ3v) is 3.97. The Labute approximate surface area is 109 Å². The number of benzene rings is 1. The van der Waals surface area contributed by atoms with Crippen LogP contribution >= 0.6 is 27.7 Å². The topological polar surface area (TPSA) is 24.4 Å². The Kier molecular flexibility index (Phi) is 3.92. The van der Waals surface area contributed by atoms with Gasteiger partial charge in [0.15, 0.2) is 5.17 Å². The fourth-order valence-corrected chi connectivity index (χ4v) is 3.16. The molecule has 1 N–H and O–H groups in total. The molecule has 0 amide bonds. The van der Waals surface area contributed by atoms with Crippen LogP contribution in [0.5, 0.6) is 0 Å². The van der Waals surface area contributed by atoms with E-state index < -0.39 is 0 Å². The second kappa shape index (κ2) is 5.23. The van der Waals surface area contributed by atoms with Gasteiger partial charge in [-0.1, -0.05) is 34.6 Å². The fourth-order valence-electron chi connectivity index (χ4n) is 1.72. The van der Waals surface area contributed by atoms with Gasteiger partial charge in [0.1, 0.15) is 0 Å². The number of nitrogens with zero attached hydrogens (tertiary/aromatic N) is 1. The molecule has 2 unspecified atom stereocenters. The lowest BCUT2D eigenvalue weighted by atomic mass is 10.2. The van der Waals surface area contributed by atoms with E-state index in [0.29, 0.717) is 11.3 Å². The van der Waals surface area contributed by atoms with Crippen molar-refractivity contribution in [2.75, 3.05) is 5.32 Å². The van der Waals surface area contributed by atoms with Gasteiger partial charge in [0.2, 0.25) is 0 Å². The number of hydrogen-bond donors (Lipinski definition) is 1. The Balaban J connectivity index is 2.07. The molecule has 1 aliphatic heterocycles. The molecule has 86 valence electrons. The Bertz CT molecular complexity index is 389. The van der Waals surface area contributed by atoms with E-state index in [0.717, 1.165) is 21.7 Å². The molecular weight excluding hydrogens is 284 g/mol. The maximum atomic E-state index is 4.61. The van der Waals surface area contributed by atoms with Gasteiger partial charge in [0.05, 0.1) is 6.04 Å². The Morgan fingerprint density at radius 1 is 1.31 bits per heavy atom. The molecule has 0 radical (unpaired) electrons. The van der Waals surface area contributed by atoms with Gasteiger partial charge in [-0.25, -0.2) is 0 Å².